The van der Waals surface area contributed by atoms with E-state index in [4.69, 9.17) is 32.5 Å². The van der Waals surface area contributed by atoms with Gasteiger partial charge < -0.3 is 14.4 Å². The lowest BCUT2D eigenvalue weighted by Crippen LogP contribution is -2.21. The number of hydrogen-bond donors (Lipinski definition) is 1. The van der Waals surface area contributed by atoms with Crippen molar-refractivity contribution in [3.63, 3.8) is 0 Å². The Labute approximate surface area is 201 Å². The van der Waals surface area contributed by atoms with Crippen molar-refractivity contribution in [2.45, 2.75) is 39.0 Å². The first-order chi connectivity index (χ1) is 15.9. The van der Waals surface area contributed by atoms with Crippen LogP contribution in [0.5, 0.6) is 5.75 Å². The third-order valence-electron chi connectivity index (χ3n) is 5.65. The number of hydrogen-bond acceptors (Lipinski definition) is 6. The molecule has 33 heavy (non-hydrogen) atoms. The minimum absolute atomic E-state index is 0.0255. The Morgan fingerprint density at radius 2 is 2.03 bits per heavy atom. The number of halogens is 2. The predicted molar refractivity (Wildman–Crippen MR) is 128 cm³/mol. The van der Waals surface area contributed by atoms with Crippen molar-refractivity contribution in [1.29, 1.82) is 0 Å². The van der Waals surface area contributed by atoms with Gasteiger partial charge in [0.05, 0.1) is 27.8 Å². The van der Waals surface area contributed by atoms with Crippen molar-refractivity contribution < 1.29 is 14.4 Å². The number of aromatic nitrogens is 3. The number of β-amino-alcohol motifs (C(OH)–C–C–N with tert-alkyl or cyclic N) is 1. The molecule has 4 aromatic rings. The van der Waals surface area contributed by atoms with E-state index >= 15 is 0 Å². The third kappa shape index (κ3) is 4.59. The summed E-state index contributed by atoms with van der Waals surface area (Å²) < 4.78 is 13.0. The van der Waals surface area contributed by atoms with Crippen molar-refractivity contribution in [2.75, 3.05) is 13.1 Å². The highest BCUT2D eigenvalue weighted by Gasteiger charge is 2.21. The monoisotopic (exact) mass is 486 g/mol. The Hall–Kier alpha value is -2.58. The molecule has 0 amide bonds. The molecule has 1 N–H and O–H groups in total. The lowest BCUT2D eigenvalue weighted by Gasteiger charge is -2.15. The summed E-state index contributed by atoms with van der Waals surface area (Å²) in [4.78, 5) is 6.79. The van der Waals surface area contributed by atoms with Crippen LogP contribution in [0.15, 0.2) is 47.1 Å². The third-order valence-corrected chi connectivity index (χ3v) is 6.24. The summed E-state index contributed by atoms with van der Waals surface area (Å²) in [6, 6.07) is 11.5. The first kappa shape index (κ1) is 22.2. The largest absolute Gasteiger partial charge is 0.489 e. The van der Waals surface area contributed by atoms with Crippen LogP contribution in [0.4, 0.5) is 0 Å². The Morgan fingerprint density at radius 3 is 2.76 bits per heavy atom. The van der Waals surface area contributed by atoms with Gasteiger partial charge in [0.25, 0.3) is 11.8 Å². The van der Waals surface area contributed by atoms with Crippen molar-refractivity contribution in [3.05, 3.63) is 58.2 Å². The van der Waals surface area contributed by atoms with E-state index in [0.717, 1.165) is 36.0 Å². The number of ether oxygens (including phenoxy) is 1. The minimum atomic E-state index is -0.236. The van der Waals surface area contributed by atoms with E-state index in [-0.39, 0.29) is 12.2 Å². The molecule has 5 rings (SSSR count). The molecular formula is C24H24Cl2N4O3. The number of aliphatic hydroxyl groups is 1. The number of fused-ring (bicyclic) bond motifs is 1. The first-order valence-corrected chi connectivity index (χ1v) is 11.6. The van der Waals surface area contributed by atoms with Gasteiger partial charge in [0, 0.05) is 36.8 Å². The molecule has 0 saturated carbocycles. The summed E-state index contributed by atoms with van der Waals surface area (Å²) in [7, 11) is 0. The smallest absolute Gasteiger partial charge is 0.275 e. The van der Waals surface area contributed by atoms with Gasteiger partial charge in [0.1, 0.15) is 5.75 Å². The van der Waals surface area contributed by atoms with E-state index in [1.54, 1.807) is 18.3 Å². The molecule has 2 aromatic carbocycles. The van der Waals surface area contributed by atoms with Crippen LogP contribution in [-0.4, -0.2) is 50.0 Å². The van der Waals surface area contributed by atoms with Gasteiger partial charge in [-0.1, -0.05) is 29.3 Å². The van der Waals surface area contributed by atoms with Crippen LogP contribution in [0.3, 0.4) is 0 Å². The molecule has 1 atom stereocenters. The predicted octanol–water partition coefficient (Wildman–Crippen LogP) is 5.34. The van der Waals surface area contributed by atoms with Crippen molar-refractivity contribution >= 4 is 34.1 Å². The highest BCUT2D eigenvalue weighted by Crippen LogP contribution is 2.32. The topological polar surface area (TPSA) is 76.5 Å². The SMILES string of the molecule is CC(C)Oc1ccc(-c2nc(-n3cc(Cl)c4cc(CN5CCC(O)C5)ccc43)no2)cc1Cl. The highest BCUT2D eigenvalue weighted by atomic mass is 35.5. The lowest BCUT2D eigenvalue weighted by molar-refractivity contribution is 0.175. The van der Waals surface area contributed by atoms with Crippen LogP contribution in [-0.2, 0) is 6.54 Å². The van der Waals surface area contributed by atoms with E-state index in [1.807, 2.05) is 30.5 Å². The molecule has 3 heterocycles. The Balaban J connectivity index is 1.41. The maximum atomic E-state index is 9.77. The van der Waals surface area contributed by atoms with Gasteiger partial charge in [-0.25, -0.2) is 0 Å². The molecule has 0 bridgehead atoms. The molecule has 1 fully saturated rings. The fourth-order valence-corrected chi connectivity index (χ4v) is 4.60. The first-order valence-electron chi connectivity index (χ1n) is 10.9. The van der Waals surface area contributed by atoms with Gasteiger partial charge in [-0.15, -0.1) is 0 Å². The summed E-state index contributed by atoms with van der Waals surface area (Å²) in [5.74, 6) is 1.35. The van der Waals surface area contributed by atoms with Crippen molar-refractivity contribution in [1.82, 2.24) is 19.6 Å². The standard InChI is InChI=1S/C24H24Cl2N4O3/c1-14(2)32-22-6-4-16(10-19(22)25)23-27-24(28-33-23)30-13-20(26)18-9-15(3-5-21(18)30)11-29-8-7-17(31)12-29/h3-6,9-10,13-14,17,31H,7-8,11-12H2,1-2H3. The average Bonchev–Trinajstić information content (AvgIpc) is 3.49. The Kier molecular flexibility index (Phi) is 6.05. The van der Waals surface area contributed by atoms with Gasteiger partial charge in [0.2, 0.25) is 0 Å². The summed E-state index contributed by atoms with van der Waals surface area (Å²) in [5.41, 5.74) is 2.73. The van der Waals surface area contributed by atoms with Crippen LogP contribution in [0.25, 0.3) is 28.3 Å². The second-order valence-corrected chi connectivity index (χ2v) is 9.40. The van der Waals surface area contributed by atoms with E-state index in [0.29, 0.717) is 39.7 Å². The minimum Gasteiger partial charge on any atom is -0.489 e. The highest BCUT2D eigenvalue weighted by molar-refractivity contribution is 6.35. The van der Waals surface area contributed by atoms with E-state index in [1.165, 1.54) is 0 Å². The summed E-state index contributed by atoms with van der Waals surface area (Å²) in [5, 5.41) is 15.9. The molecule has 1 aliphatic heterocycles. The maximum Gasteiger partial charge on any atom is 0.275 e. The molecule has 0 spiro atoms. The van der Waals surface area contributed by atoms with Crippen LogP contribution in [0.2, 0.25) is 10.0 Å². The van der Waals surface area contributed by atoms with Crippen molar-refractivity contribution in [3.8, 4) is 23.2 Å². The molecule has 1 aliphatic rings. The quantitative estimate of drug-likeness (QED) is 0.396. The summed E-state index contributed by atoms with van der Waals surface area (Å²) in [6.07, 6.45) is 2.40. The second kappa shape index (κ2) is 8.99. The van der Waals surface area contributed by atoms with Gasteiger partial charge in [-0.2, -0.15) is 4.98 Å². The van der Waals surface area contributed by atoms with Gasteiger partial charge in [-0.05, 0) is 61.3 Å². The van der Waals surface area contributed by atoms with Crippen LogP contribution in [0, 0.1) is 0 Å². The molecule has 1 saturated heterocycles. The number of aliphatic hydroxyl groups excluding tert-OH is 1. The van der Waals surface area contributed by atoms with Gasteiger partial charge in [-0.3, -0.25) is 9.47 Å². The van der Waals surface area contributed by atoms with Crippen LogP contribution >= 0.6 is 23.2 Å². The molecule has 0 radical (unpaired) electrons. The van der Waals surface area contributed by atoms with Gasteiger partial charge >= 0.3 is 0 Å². The van der Waals surface area contributed by atoms with Gasteiger partial charge in [0.15, 0.2) is 0 Å². The zero-order chi connectivity index (χ0) is 23.1. The zero-order valence-electron chi connectivity index (χ0n) is 18.3. The lowest BCUT2D eigenvalue weighted by atomic mass is 10.1. The number of benzene rings is 2. The molecule has 9 heteroatoms. The van der Waals surface area contributed by atoms with E-state index in [2.05, 4.69) is 27.2 Å². The maximum absolute atomic E-state index is 9.77. The summed E-state index contributed by atoms with van der Waals surface area (Å²) in [6.45, 7) is 6.26. The zero-order valence-corrected chi connectivity index (χ0v) is 19.8. The number of likely N-dealkylation sites (tertiary alicyclic amines) is 1. The number of nitrogens with zero attached hydrogens (tertiary/aromatic N) is 4. The molecule has 0 aliphatic carbocycles. The van der Waals surface area contributed by atoms with Crippen LogP contribution < -0.4 is 4.74 Å². The average molecular weight is 487 g/mol. The molecule has 7 nitrogen and oxygen atoms in total. The number of rotatable bonds is 6. The second-order valence-electron chi connectivity index (χ2n) is 8.59. The fourth-order valence-electron chi connectivity index (χ4n) is 4.13. The summed E-state index contributed by atoms with van der Waals surface area (Å²) >= 11 is 12.9. The molecule has 2 aromatic heterocycles. The van der Waals surface area contributed by atoms with E-state index in [9.17, 15) is 5.11 Å². The Morgan fingerprint density at radius 1 is 1.18 bits per heavy atom. The normalized spacial score (nSPS) is 16.8. The van der Waals surface area contributed by atoms with Crippen LogP contribution in [0.1, 0.15) is 25.8 Å². The van der Waals surface area contributed by atoms with Crippen molar-refractivity contribution in [2.24, 2.45) is 0 Å². The Bertz CT molecular complexity index is 1300. The molecular weight excluding hydrogens is 463 g/mol. The molecule has 172 valence electrons. The van der Waals surface area contributed by atoms with E-state index < -0.39 is 0 Å². The fraction of sp³-hybridized carbons (Fsp3) is 0.333. The molecule has 1 unspecified atom stereocenters.